The maximum Gasteiger partial charge on any atom is 0.233 e. The van der Waals surface area contributed by atoms with E-state index in [2.05, 4.69) is 25.3 Å². The lowest BCUT2D eigenvalue weighted by molar-refractivity contribution is 0.592. The van der Waals surface area contributed by atoms with E-state index in [1.165, 1.54) is 0 Å². The van der Waals surface area contributed by atoms with E-state index in [0.717, 1.165) is 11.0 Å². The molecule has 0 fully saturated rings. The fourth-order valence-electron chi connectivity index (χ4n) is 2.11. The Kier molecular flexibility index (Phi) is 5.72. The standard InChI is InChI=1S/C17H18N6O2S/c24-26(25,14-9-15-5-2-1-3-6-15)20-12-11-18-16-7-8-17(22-21-16)23-13-4-10-19-23/h1-10,13-14,20H,11-12H2,(H,18,21)/b14-9+. The first kappa shape index (κ1) is 17.8. The molecule has 0 spiro atoms. The van der Waals surface area contributed by atoms with Gasteiger partial charge >= 0.3 is 0 Å². The van der Waals surface area contributed by atoms with Crippen molar-refractivity contribution in [2.24, 2.45) is 0 Å². The molecule has 134 valence electrons. The van der Waals surface area contributed by atoms with Crippen molar-refractivity contribution < 1.29 is 8.42 Å². The van der Waals surface area contributed by atoms with Crippen LogP contribution in [0.1, 0.15) is 5.56 Å². The summed E-state index contributed by atoms with van der Waals surface area (Å²) < 4.78 is 28.0. The van der Waals surface area contributed by atoms with Gasteiger partial charge in [-0.2, -0.15) is 5.10 Å². The van der Waals surface area contributed by atoms with E-state index in [0.29, 0.717) is 18.2 Å². The van der Waals surface area contributed by atoms with Crippen LogP contribution in [0.4, 0.5) is 5.82 Å². The van der Waals surface area contributed by atoms with E-state index >= 15 is 0 Å². The zero-order valence-electron chi connectivity index (χ0n) is 13.9. The highest BCUT2D eigenvalue weighted by atomic mass is 32.2. The fraction of sp³-hybridized carbons (Fsp3) is 0.118. The number of rotatable bonds is 8. The Labute approximate surface area is 151 Å². The summed E-state index contributed by atoms with van der Waals surface area (Å²) in [4.78, 5) is 0. The summed E-state index contributed by atoms with van der Waals surface area (Å²) >= 11 is 0. The minimum Gasteiger partial charge on any atom is -0.367 e. The molecule has 26 heavy (non-hydrogen) atoms. The molecule has 0 atom stereocenters. The summed E-state index contributed by atoms with van der Waals surface area (Å²) in [7, 11) is -3.49. The minimum absolute atomic E-state index is 0.226. The van der Waals surface area contributed by atoms with Crippen LogP contribution in [0, 0.1) is 0 Å². The molecule has 3 aromatic rings. The molecule has 0 radical (unpaired) electrons. The monoisotopic (exact) mass is 370 g/mol. The number of aromatic nitrogens is 4. The Morgan fingerprint density at radius 3 is 2.54 bits per heavy atom. The lowest BCUT2D eigenvalue weighted by Crippen LogP contribution is -2.27. The highest BCUT2D eigenvalue weighted by Crippen LogP contribution is 2.05. The van der Waals surface area contributed by atoms with Gasteiger partial charge in [0.15, 0.2) is 5.82 Å². The van der Waals surface area contributed by atoms with E-state index in [9.17, 15) is 8.42 Å². The number of sulfonamides is 1. The zero-order chi connectivity index (χ0) is 18.2. The zero-order valence-corrected chi connectivity index (χ0v) is 14.7. The number of benzene rings is 1. The third-order valence-electron chi connectivity index (χ3n) is 3.36. The van der Waals surface area contributed by atoms with Gasteiger partial charge in [-0.25, -0.2) is 17.8 Å². The van der Waals surface area contributed by atoms with Gasteiger partial charge in [0, 0.05) is 30.9 Å². The van der Waals surface area contributed by atoms with Crippen molar-refractivity contribution in [1.29, 1.82) is 0 Å². The first-order valence-corrected chi connectivity index (χ1v) is 9.47. The van der Waals surface area contributed by atoms with Gasteiger partial charge in [0.2, 0.25) is 10.0 Å². The maximum absolute atomic E-state index is 11.9. The first-order valence-electron chi connectivity index (χ1n) is 7.93. The first-order chi connectivity index (χ1) is 12.6. The third-order valence-corrected chi connectivity index (χ3v) is 4.46. The average molecular weight is 370 g/mol. The molecule has 0 saturated carbocycles. The van der Waals surface area contributed by atoms with Gasteiger partial charge in [-0.3, -0.25) is 0 Å². The number of nitrogens with zero attached hydrogens (tertiary/aromatic N) is 4. The number of nitrogens with one attached hydrogen (secondary N) is 2. The van der Waals surface area contributed by atoms with E-state index in [4.69, 9.17) is 0 Å². The molecule has 1 aromatic carbocycles. The van der Waals surface area contributed by atoms with Crippen LogP contribution in [0.5, 0.6) is 0 Å². The average Bonchev–Trinajstić information content (AvgIpc) is 3.20. The van der Waals surface area contributed by atoms with Gasteiger partial charge in [0.1, 0.15) is 5.82 Å². The Hall–Kier alpha value is -3.04. The lowest BCUT2D eigenvalue weighted by atomic mass is 10.2. The van der Waals surface area contributed by atoms with E-state index < -0.39 is 10.0 Å². The Morgan fingerprint density at radius 2 is 1.85 bits per heavy atom. The molecule has 2 aromatic heterocycles. The van der Waals surface area contributed by atoms with E-state index in [1.807, 2.05) is 30.3 Å². The number of hydrogen-bond donors (Lipinski definition) is 2. The Morgan fingerprint density at radius 1 is 1.00 bits per heavy atom. The smallest absolute Gasteiger partial charge is 0.233 e. The molecular weight excluding hydrogens is 352 g/mol. The molecule has 0 aliphatic carbocycles. The topological polar surface area (TPSA) is 102 Å². The van der Waals surface area contributed by atoms with Gasteiger partial charge in [-0.15, -0.1) is 10.2 Å². The van der Waals surface area contributed by atoms with E-state index in [-0.39, 0.29) is 6.54 Å². The summed E-state index contributed by atoms with van der Waals surface area (Å²) in [5, 5.41) is 16.3. The maximum atomic E-state index is 11.9. The predicted molar refractivity (Wildman–Crippen MR) is 100 cm³/mol. The van der Waals surface area contributed by atoms with Crippen molar-refractivity contribution >= 4 is 21.9 Å². The molecule has 3 rings (SSSR count). The Balaban J connectivity index is 1.45. The third kappa shape index (κ3) is 5.23. The Bertz CT molecular complexity index is 939. The van der Waals surface area contributed by atoms with Crippen LogP contribution < -0.4 is 10.0 Å². The summed E-state index contributed by atoms with van der Waals surface area (Å²) in [6, 6.07) is 14.6. The molecule has 0 aliphatic rings. The molecule has 0 bridgehead atoms. The molecule has 0 aliphatic heterocycles. The van der Waals surface area contributed by atoms with Crippen molar-refractivity contribution in [3.63, 3.8) is 0 Å². The summed E-state index contributed by atoms with van der Waals surface area (Å²) in [5.74, 6) is 1.16. The van der Waals surface area contributed by atoms with Crippen molar-refractivity contribution in [3.8, 4) is 5.82 Å². The summed E-state index contributed by atoms with van der Waals surface area (Å²) in [6.07, 6.45) is 4.98. The van der Waals surface area contributed by atoms with Crippen molar-refractivity contribution in [1.82, 2.24) is 24.7 Å². The van der Waals surface area contributed by atoms with Gasteiger partial charge in [0.05, 0.1) is 0 Å². The normalized spacial score (nSPS) is 11.7. The van der Waals surface area contributed by atoms with Crippen LogP contribution in [-0.2, 0) is 10.0 Å². The van der Waals surface area contributed by atoms with Crippen molar-refractivity contribution in [3.05, 3.63) is 71.9 Å². The minimum atomic E-state index is -3.49. The van der Waals surface area contributed by atoms with Gasteiger partial charge < -0.3 is 5.32 Å². The second-order valence-corrected chi connectivity index (χ2v) is 6.96. The number of hydrogen-bond acceptors (Lipinski definition) is 6. The molecular formula is C17H18N6O2S. The predicted octanol–water partition coefficient (Wildman–Crippen LogP) is 1.66. The largest absolute Gasteiger partial charge is 0.367 e. The molecule has 0 unspecified atom stereocenters. The number of anilines is 1. The summed E-state index contributed by atoms with van der Waals surface area (Å²) in [6.45, 7) is 0.609. The van der Waals surface area contributed by atoms with Gasteiger partial charge in [0.25, 0.3) is 0 Å². The quantitative estimate of drug-likeness (QED) is 0.585. The van der Waals surface area contributed by atoms with Crippen LogP contribution in [-0.4, -0.2) is 41.5 Å². The SMILES string of the molecule is O=S(=O)(/C=C/c1ccccc1)NCCNc1ccc(-n2cccn2)nn1. The van der Waals surface area contributed by atoms with Gasteiger partial charge in [-0.05, 0) is 29.8 Å². The molecule has 0 saturated heterocycles. The van der Waals surface area contributed by atoms with Crippen LogP contribution >= 0.6 is 0 Å². The highest BCUT2D eigenvalue weighted by Gasteiger charge is 2.04. The second kappa shape index (κ2) is 8.37. The lowest BCUT2D eigenvalue weighted by Gasteiger charge is -2.06. The van der Waals surface area contributed by atoms with Crippen molar-refractivity contribution in [2.75, 3.05) is 18.4 Å². The molecule has 9 heteroatoms. The van der Waals surface area contributed by atoms with Crippen LogP contribution in [0.2, 0.25) is 0 Å². The highest BCUT2D eigenvalue weighted by molar-refractivity contribution is 7.92. The van der Waals surface area contributed by atoms with Crippen LogP contribution in [0.25, 0.3) is 11.9 Å². The second-order valence-electron chi connectivity index (χ2n) is 5.31. The van der Waals surface area contributed by atoms with Crippen LogP contribution in [0.3, 0.4) is 0 Å². The molecule has 2 heterocycles. The van der Waals surface area contributed by atoms with E-state index in [1.54, 1.807) is 41.4 Å². The van der Waals surface area contributed by atoms with Gasteiger partial charge in [-0.1, -0.05) is 30.3 Å². The molecule has 2 N–H and O–H groups in total. The molecule has 0 amide bonds. The fourth-order valence-corrected chi connectivity index (χ4v) is 2.93. The van der Waals surface area contributed by atoms with Crippen LogP contribution in [0.15, 0.2) is 66.3 Å². The summed E-state index contributed by atoms with van der Waals surface area (Å²) in [5.41, 5.74) is 0.823. The molecule has 8 nitrogen and oxygen atoms in total. The van der Waals surface area contributed by atoms with Crippen molar-refractivity contribution in [2.45, 2.75) is 0 Å².